The van der Waals surface area contributed by atoms with Gasteiger partial charge >= 0.3 is 0 Å². The fourth-order valence-electron chi connectivity index (χ4n) is 4.03. The summed E-state index contributed by atoms with van der Waals surface area (Å²) in [4.78, 5) is 16.1. The van der Waals surface area contributed by atoms with E-state index in [1.54, 1.807) is 0 Å². The Bertz CT molecular complexity index is 989. The Morgan fingerprint density at radius 2 is 2.04 bits per heavy atom. The Morgan fingerprint density at radius 1 is 1.23 bits per heavy atom. The van der Waals surface area contributed by atoms with Crippen molar-refractivity contribution in [2.24, 2.45) is 0 Å². The average Bonchev–Trinajstić information content (AvgIpc) is 2.95. The van der Waals surface area contributed by atoms with Crippen LogP contribution >= 0.6 is 11.6 Å². The van der Waals surface area contributed by atoms with Crippen molar-refractivity contribution in [1.29, 1.82) is 0 Å². The highest BCUT2D eigenvalue weighted by molar-refractivity contribution is 6.31. The molecule has 2 N–H and O–H groups in total. The SMILES string of the molecule is Cc1ccccc1CC(=O)NC1CCc2[nH]c3c(C)cc(Cl)cc3c2C1. The van der Waals surface area contributed by atoms with Crippen molar-refractivity contribution in [1.82, 2.24) is 10.3 Å². The molecule has 3 aromatic rings. The smallest absolute Gasteiger partial charge is 0.224 e. The molecular weight excluding hydrogens is 344 g/mol. The zero-order chi connectivity index (χ0) is 18.3. The normalized spacial score (nSPS) is 16.5. The van der Waals surface area contributed by atoms with E-state index >= 15 is 0 Å². The fourth-order valence-corrected chi connectivity index (χ4v) is 4.31. The first kappa shape index (κ1) is 17.2. The molecule has 1 aliphatic carbocycles. The van der Waals surface area contributed by atoms with Gasteiger partial charge in [-0.3, -0.25) is 4.79 Å². The van der Waals surface area contributed by atoms with E-state index in [4.69, 9.17) is 11.6 Å². The molecule has 1 atom stereocenters. The lowest BCUT2D eigenvalue weighted by Crippen LogP contribution is -2.39. The van der Waals surface area contributed by atoms with Crippen LogP contribution in [0.15, 0.2) is 36.4 Å². The molecule has 0 saturated heterocycles. The second-order valence-electron chi connectivity index (χ2n) is 7.34. The number of hydrogen-bond donors (Lipinski definition) is 2. The largest absolute Gasteiger partial charge is 0.358 e. The van der Waals surface area contributed by atoms with Gasteiger partial charge in [-0.2, -0.15) is 0 Å². The van der Waals surface area contributed by atoms with E-state index in [9.17, 15) is 4.79 Å². The maximum Gasteiger partial charge on any atom is 0.224 e. The van der Waals surface area contributed by atoms with Crippen LogP contribution in [0.5, 0.6) is 0 Å². The van der Waals surface area contributed by atoms with Crippen molar-refractivity contribution in [3.63, 3.8) is 0 Å². The van der Waals surface area contributed by atoms with E-state index in [-0.39, 0.29) is 11.9 Å². The highest BCUT2D eigenvalue weighted by Gasteiger charge is 2.24. The van der Waals surface area contributed by atoms with Gasteiger partial charge in [0.15, 0.2) is 0 Å². The Morgan fingerprint density at radius 3 is 2.85 bits per heavy atom. The molecule has 1 amide bonds. The summed E-state index contributed by atoms with van der Waals surface area (Å²) < 4.78 is 0. The number of aromatic amines is 1. The molecule has 4 rings (SSSR count). The maximum absolute atomic E-state index is 12.5. The van der Waals surface area contributed by atoms with E-state index in [1.165, 1.54) is 27.7 Å². The number of aromatic nitrogens is 1. The molecule has 1 heterocycles. The van der Waals surface area contributed by atoms with E-state index in [1.807, 2.05) is 43.3 Å². The number of fused-ring (bicyclic) bond motifs is 3. The lowest BCUT2D eigenvalue weighted by Gasteiger charge is -2.24. The van der Waals surface area contributed by atoms with Crippen LogP contribution in [0.4, 0.5) is 0 Å². The maximum atomic E-state index is 12.5. The number of amides is 1. The summed E-state index contributed by atoms with van der Waals surface area (Å²) in [6, 6.07) is 12.3. The second-order valence-corrected chi connectivity index (χ2v) is 7.77. The van der Waals surface area contributed by atoms with Gasteiger partial charge in [0.25, 0.3) is 0 Å². The summed E-state index contributed by atoms with van der Waals surface area (Å²) in [5, 5.41) is 5.20. The minimum Gasteiger partial charge on any atom is -0.358 e. The minimum atomic E-state index is 0.0989. The van der Waals surface area contributed by atoms with E-state index in [0.29, 0.717) is 6.42 Å². The standard InChI is InChI=1S/C22H23ClN2O/c1-13-5-3-4-6-15(13)10-21(26)24-17-7-8-20-18(12-17)19-11-16(23)9-14(2)22(19)25-20/h3-6,9,11,17,25H,7-8,10,12H2,1-2H3,(H,24,26). The van der Waals surface area contributed by atoms with E-state index < -0.39 is 0 Å². The van der Waals surface area contributed by atoms with Crippen LogP contribution in [0, 0.1) is 13.8 Å². The molecule has 1 aromatic heterocycles. The first-order valence-corrected chi connectivity index (χ1v) is 9.52. The number of halogens is 1. The van der Waals surface area contributed by atoms with Crippen LogP contribution < -0.4 is 5.32 Å². The quantitative estimate of drug-likeness (QED) is 0.696. The Balaban J connectivity index is 1.51. The van der Waals surface area contributed by atoms with Gasteiger partial charge in [-0.25, -0.2) is 0 Å². The van der Waals surface area contributed by atoms with E-state index in [2.05, 4.69) is 17.2 Å². The Labute approximate surface area is 158 Å². The van der Waals surface area contributed by atoms with Gasteiger partial charge in [-0.05, 0) is 67.5 Å². The van der Waals surface area contributed by atoms with Gasteiger partial charge < -0.3 is 10.3 Å². The highest BCUT2D eigenvalue weighted by atomic mass is 35.5. The van der Waals surface area contributed by atoms with Crippen LogP contribution in [-0.4, -0.2) is 16.9 Å². The first-order valence-electron chi connectivity index (χ1n) is 9.14. The van der Waals surface area contributed by atoms with Crippen molar-refractivity contribution in [3.8, 4) is 0 Å². The molecule has 3 nitrogen and oxygen atoms in total. The van der Waals surface area contributed by atoms with Gasteiger partial charge in [0.1, 0.15) is 0 Å². The molecule has 2 aromatic carbocycles. The molecule has 0 radical (unpaired) electrons. The summed E-state index contributed by atoms with van der Waals surface area (Å²) in [5.41, 5.74) is 7.19. The van der Waals surface area contributed by atoms with Crippen molar-refractivity contribution in [2.45, 2.75) is 45.6 Å². The molecule has 134 valence electrons. The highest BCUT2D eigenvalue weighted by Crippen LogP contribution is 2.33. The van der Waals surface area contributed by atoms with Gasteiger partial charge in [0.05, 0.1) is 6.42 Å². The van der Waals surface area contributed by atoms with Crippen LogP contribution in [-0.2, 0) is 24.1 Å². The fraction of sp³-hybridized carbons (Fsp3) is 0.318. The van der Waals surface area contributed by atoms with Gasteiger partial charge in [-0.15, -0.1) is 0 Å². The third-order valence-corrected chi connectivity index (χ3v) is 5.65. The van der Waals surface area contributed by atoms with Crippen molar-refractivity contribution >= 4 is 28.4 Å². The molecule has 1 aliphatic rings. The molecule has 0 bridgehead atoms. The van der Waals surface area contributed by atoms with Crippen molar-refractivity contribution in [3.05, 3.63) is 69.4 Å². The topological polar surface area (TPSA) is 44.9 Å². The molecule has 26 heavy (non-hydrogen) atoms. The molecular formula is C22H23ClN2O. The van der Waals surface area contributed by atoms with Gasteiger partial charge in [0.2, 0.25) is 5.91 Å². The monoisotopic (exact) mass is 366 g/mol. The summed E-state index contributed by atoms with van der Waals surface area (Å²) >= 11 is 6.27. The number of carbonyl (C=O) groups excluding carboxylic acids is 1. The third-order valence-electron chi connectivity index (χ3n) is 5.44. The number of rotatable bonds is 3. The molecule has 0 saturated carbocycles. The van der Waals surface area contributed by atoms with Crippen LogP contribution in [0.1, 0.15) is 34.4 Å². The first-order chi connectivity index (χ1) is 12.5. The second kappa shape index (κ2) is 6.81. The summed E-state index contributed by atoms with van der Waals surface area (Å²) in [6.07, 6.45) is 3.21. The molecule has 1 unspecified atom stereocenters. The molecule has 0 spiro atoms. The van der Waals surface area contributed by atoms with Gasteiger partial charge in [-0.1, -0.05) is 35.9 Å². The lowest BCUT2D eigenvalue weighted by atomic mass is 9.91. The Hall–Kier alpha value is -2.26. The van der Waals surface area contributed by atoms with Crippen molar-refractivity contribution < 1.29 is 4.79 Å². The summed E-state index contributed by atoms with van der Waals surface area (Å²) in [5.74, 6) is 0.0989. The zero-order valence-corrected chi connectivity index (χ0v) is 15.9. The third kappa shape index (κ3) is 3.24. The predicted octanol–water partition coefficient (Wildman–Crippen LogP) is 4.65. The molecule has 0 fully saturated rings. The van der Waals surface area contributed by atoms with E-state index in [0.717, 1.165) is 35.4 Å². The summed E-state index contributed by atoms with van der Waals surface area (Å²) in [7, 11) is 0. The average molecular weight is 367 g/mol. The lowest BCUT2D eigenvalue weighted by molar-refractivity contribution is -0.121. The minimum absolute atomic E-state index is 0.0989. The molecule has 0 aliphatic heterocycles. The number of H-pyrrole nitrogens is 1. The predicted molar refractivity (Wildman–Crippen MR) is 107 cm³/mol. The number of nitrogens with one attached hydrogen (secondary N) is 2. The Kier molecular flexibility index (Phi) is 4.49. The zero-order valence-electron chi connectivity index (χ0n) is 15.2. The number of aryl methyl sites for hydroxylation is 3. The number of carbonyl (C=O) groups is 1. The van der Waals surface area contributed by atoms with Crippen LogP contribution in [0.2, 0.25) is 5.02 Å². The number of benzene rings is 2. The molecule has 4 heteroatoms. The van der Waals surface area contributed by atoms with Gasteiger partial charge in [0, 0.05) is 27.7 Å². The number of hydrogen-bond acceptors (Lipinski definition) is 1. The van der Waals surface area contributed by atoms with Crippen LogP contribution in [0.3, 0.4) is 0 Å². The van der Waals surface area contributed by atoms with Crippen molar-refractivity contribution in [2.75, 3.05) is 0 Å². The van der Waals surface area contributed by atoms with Crippen LogP contribution in [0.25, 0.3) is 10.9 Å². The summed E-state index contributed by atoms with van der Waals surface area (Å²) in [6.45, 7) is 4.13.